The number of nitrogens with zero attached hydrogens (tertiary/aromatic N) is 2. The van der Waals surface area contributed by atoms with E-state index in [4.69, 9.17) is 5.11 Å². The number of aliphatic carboxylic acids is 1. The Hall–Kier alpha value is -2.17. The molecule has 1 N–H and O–H groups in total. The van der Waals surface area contributed by atoms with Gasteiger partial charge in [-0.3, -0.25) is 4.79 Å². The lowest BCUT2D eigenvalue weighted by Gasteiger charge is -2.04. The summed E-state index contributed by atoms with van der Waals surface area (Å²) < 4.78 is 70.5. The molecule has 0 spiro atoms. The molecule has 1 aromatic carbocycles. The summed E-state index contributed by atoms with van der Waals surface area (Å²) in [6.45, 7) is 0. The van der Waals surface area contributed by atoms with Gasteiger partial charge >= 0.3 is 5.97 Å². The van der Waals surface area contributed by atoms with Crippen LogP contribution < -0.4 is 0 Å². The van der Waals surface area contributed by atoms with Crippen molar-refractivity contribution < 1.29 is 36.3 Å². The van der Waals surface area contributed by atoms with Gasteiger partial charge in [0, 0.05) is 0 Å². The number of rotatable bonds is 4. The van der Waals surface area contributed by atoms with Gasteiger partial charge in [0.1, 0.15) is 11.3 Å². The van der Waals surface area contributed by atoms with Crippen LogP contribution >= 0.6 is 11.8 Å². The number of hydrogen-bond donors (Lipinski definition) is 1. The summed E-state index contributed by atoms with van der Waals surface area (Å²) in [4.78, 5) is 10.3. The van der Waals surface area contributed by atoms with Gasteiger partial charge < -0.3 is 9.52 Å². The van der Waals surface area contributed by atoms with Gasteiger partial charge in [0.2, 0.25) is 5.82 Å². The monoisotopic (exact) mass is 326 g/mol. The molecule has 11 heteroatoms. The Bertz CT molecular complexity index is 692. The Balaban J connectivity index is 2.46. The predicted octanol–water partition coefficient (Wildman–Crippen LogP) is 2.61. The van der Waals surface area contributed by atoms with Crippen LogP contribution in [0, 0.1) is 29.1 Å². The number of aromatic nitrogens is 2. The molecule has 0 aliphatic rings. The van der Waals surface area contributed by atoms with Crippen molar-refractivity contribution >= 4 is 17.7 Å². The van der Waals surface area contributed by atoms with Crippen LogP contribution in [0.4, 0.5) is 22.0 Å². The highest BCUT2D eigenvalue weighted by atomic mass is 32.2. The first-order valence-electron chi connectivity index (χ1n) is 5.02. The third-order valence-corrected chi connectivity index (χ3v) is 2.95. The standard InChI is InChI=1S/C10H3F5N2O3S/c11-4-3(5(12)7(14)8(15)6(4)13)9-16-17-10(20-9)21-1-2(18)19/h1H2,(H,18,19). The Labute approximate surface area is 116 Å². The normalized spacial score (nSPS) is 10.9. The van der Waals surface area contributed by atoms with Crippen molar-refractivity contribution in [3.63, 3.8) is 0 Å². The maximum atomic E-state index is 13.5. The minimum Gasteiger partial charge on any atom is -0.481 e. The van der Waals surface area contributed by atoms with Crippen molar-refractivity contribution in [1.29, 1.82) is 0 Å². The van der Waals surface area contributed by atoms with Crippen LogP contribution in [0.25, 0.3) is 11.5 Å². The average molecular weight is 326 g/mol. The molecule has 5 nitrogen and oxygen atoms in total. The Morgan fingerprint density at radius 1 is 1.00 bits per heavy atom. The highest BCUT2D eigenvalue weighted by Gasteiger charge is 2.29. The number of hydrogen-bond acceptors (Lipinski definition) is 5. The zero-order valence-corrected chi connectivity index (χ0v) is 10.5. The number of thioether (sulfide) groups is 1. The molecule has 0 aliphatic carbocycles. The molecular weight excluding hydrogens is 323 g/mol. The molecule has 0 radical (unpaired) electrons. The molecule has 0 amide bonds. The summed E-state index contributed by atoms with van der Waals surface area (Å²) in [5, 5.41) is 14.4. The van der Waals surface area contributed by atoms with E-state index in [-0.39, 0.29) is 0 Å². The van der Waals surface area contributed by atoms with Crippen LogP contribution in [0.15, 0.2) is 9.64 Å². The second-order valence-electron chi connectivity index (χ2n) is 3.50. The average Bonchev–Trinajstić information content (AvgIpc) is 2.89. The van der Waals surface area contributed by atoms with Crippen molar-refractivity contribution in [3.05, 3.63) is 29.1 Å². The fourth-order valence-electron chi connectivity index (χ4n) is 1.29. The minimum atomic E-state index is -2.31. The van der Waals surface area contributed by atoms with Crippen molar-refractivity contribution in [3.8, 4) is 11.5 Å². The van der Waals surface area contributed by atoms with Crippen molar-refractivity contribution in [2.24, 2.45) is 0 Å². The molecule has 0 bridgehead atoms. The van der Waals surface area contributed by atoms with E-state index in [9.17, 15) is 26.7 Å². The maximum Gasteiger partial charge on any atom is 0.314 e. The second-order valence-corrected chi connectivity index (χ2v) is 4.43. The van der Waals surface area contributed by atoms with Gasteiger partial charge in [0.05, 0.1) is 0 Å². The van der Waals surface area contributed by atoms with Crippen molar-refractivity contribution in [1.82, 2.24) is 10.2 Å². The van der Waals surface area contributed by atoms with Gasteiger partial charge in [-0.15, -0.1) is 10.2 Å². The van der Waals surface area contributed by atoms with Gasteiger partial charge in [0.25, 0.3) is 11.1 Å². The summed E-state index contributed by atoms with van der Waals surface area (Å²) in [6.07, 6.45) is 0. The first-order chi connectivity index (χ1) is 9.82. The van der Waals surface area contributed by atoms with Crippen molar-refractivity contribution in [2.75, 3.05) is 5.75 Å². The van der Waals surface area contributed by atoms with Crippen LogP contribution in [0.2, 0.25) is 0 Å². The maximum absolute atomic E-state index is 13.5. The fourth-order valence-corrected chi connectivity index (χ4v) is 1.77. The number of carboxylic acids is 1. The molecule has 0 atom stereocenters. The molecule has 0 saturated heterocycles. The molecule has 21 heavy (non-hydrogen) atoms. The fraction of sp³-hybridized carbons (Fsp3) is 0.100. The third-order valence-electron chi connectivity index (χ3n) is 2.15. The summed E-state index contributed by atoms with van der Waals surface area (Å²) in [6, 6.07) is 0. The molecule has 2 aromatic rings. The Morgan fingerprint density at radius 3 is 2.05 bits per heavy atom. The predicted molar refractivity (Wildman–Crippen MR) is 57.9 cm³/mol. The SMILES string of the molecule is O=C(O)CSc1nnc(-c2c(F)c(F)c(F)c(F)c2F)o1. The molecule has 0 fully saturated rings. The van der Waals surface area contributed by atoms with E-state index in [1.165, 1.54) is 0 Å². The summed E-state index contributed by atoms with van der Waals surface area (Å²) in [7, 11) is 0. The molecule has 1 heterocycles. The Kier molecular flexibility index (Phi) is 4.11. The second kappa shape index (κ2) is 5.68. The zero-order valence-electron chi connectivity index (χ0n) is 9.66. The largest absolute Gasteiger partial charge is 0.481 e. The van der Waals surface area contributed by atoms with Gasteiger partial charge in [-0.2, -0.15) is 0 Å². The lowest BCUT2D eigenvalue weighted by Crippen LogP contribution is -2.04. The smallest absolute Gasteiger partial charge is 0.314 e. The lowest BCUT2D eigenvalue weighted by atomic mass is 10.1. The zero-order chi connectivity index (χ0) is 15.7. The van der Waals surface area contributed by atoms with E-state index in [0.717, 1.165) is 0 Å². The summed E-state index contributed by atoms with van der Waals surface area (Å²) in [5.41, 5.74) is -1.37. The van der Waals surface area contributed by atoms with Crippen LogP contribution in [-0.2, 0) is 4.79 Å². The number of benzene rings is 1. The summed E-state index contributed by atoms with van der Waals surface area (Å²) >= 11 is 0.521. The van der Waals surface area contributed by atoms with Crippen LogP contribution in [-0.4, -0.2) is 27.0 Å². The third kappa shape index (κ3) is 2.82. The molecule has 0 saturated carbocycles. The van der Waals surface area contributed by atoms with E-state index >= 15 is 0 Å². The van der Waals surface area contributed by atoms with E-state index in [1.807, 2.05) is 0 Å². The number of halogens is 5. The lowest BCUT2D eigenvalue weighted by molar-refractivity contribution is -0.133. The molecule has 2 rings (SSSR count). The topological polar surface area (TPSA) is 76.2 Å². The van der Waals surface area contributed by atoms with E-state index in [2.05, 4.69) is 14.6 Å². The van der Waals surface area contributed by atoms with E-state index in [1.54, 1.807) is 0 Å². The number of carboxylic acid groups (broad SMARTS) is 1. The molecule has 0 unspecified atom stereocenters. The van der Waals surface area contributed by atoms with Crippen LogP contribution in [0.5, 0.6) is 0 Å². The van der Waals surface area contributed by atoms with E-state index < -0.39 is 57.5 Å². The number of carbonyl (C=O) groups is 1. The quantitative estimate of drug-likeness (QED) is 0.403. The Morgan fingerprint density at radius 2 is 1.52 bits per heavy atom. The van der Waals surface area contributed by atoms with Gasteiger partial charge in [-0.25, -0.2) is 22.0 Å². The first kappa shape index (κ1) is 15.2. The molecule has 112 valence electrons. The van der Waals surface area contributed by atoms with E-state index in [0.29, 0.717) is 11.8 Å². The molecular formula is C10H3F5N2O3S. The van der Waals surface area contributed by atoms with Gasteiger partial charge in [0.15, 0.2) is 23.3 Å². The van der Waals surface area contributed by atoms with Crippen LogP contribution in [0.3, 0.4) is 0 Å². The summed E-state index contributed by atoms with van der Waals surface area (Å²) in [5.74, 6) is -13.5. The van der Waals surface area contributed by atoms with Crippen molar-refractivity contribution in [2.45, 2.75) is 5.22 Å². The first-order valence-corrected chi connectivity index (χ1v) is 6.01. The van der Waals surface area contributed by atoms with Gasteiger partial charge in [-0.1, -0.05) is 11.8 Å². The molecule has 0 aliphatic heterocycles. The van der Waals surface area contributed by atoms with Gasteiger partial charge in [-0.05, 0) is 0 Å². The van der Waals surface area contributed by atoms with Crippen LogP contribution in [0.1, 0.15) is 0 Å². The highest BCUT2D eigenvalue weighted by molar-refractivity contribution is 7.99. The minimum absolute atomic E-state index is 0.392. The highest BCUT2D eigenvalue weighted by Crippen LogP contribution is 2.31. The molecule has 1 aromatic heterocycles.